The number of hydrogen-bond acceptors (Lipinski definition) is 10. The molecule has 2 heterocycles. The average Bonchev–Trinajstić information content (AvgIpc) is 2.96. The van der Waals surface area contributed by atoms with Crippen LogP contribution in [0.3, 0.4) is 0 Å². The van der Waals surface area contributed by atoms with Crippen LogP contribution in [-0.2, 0) is 19.1 Å². The first-order chi connectivity index (χ1) is 12.0. The Morgan fingerprint density at radius 1 is 1.27 bits per heavy atom. The second-order valence-corrected chi connectivity index (χ2v) is 8.94. The number of pyridine rings is 1. The third kappa shape index (κ3) is 5.67. The molecule has 0 bridgehead atoms. The molecule has 2 aromatic heterocycles. The largest absolute Gasteiger partial charge is 0.470 e. The van der Waals surface area contributed by atoms with E-state index in [2.05, 4.69) is 20.2 Å². The number of ether oxygens (including phenoxy) is 1. The first kappa shape index (κ1) is 20.1. The molecule has 11 heteroatoms. The van der Waals surface area contributed by atoms with Crippen LogP contribution in [0, 0.1) is 0 Å². The van der Waals surface area contributed by atoms with Crippen molar-refractivity contribution in [3.63, 3.8) is 0 Å². The van der Waals surface area contributed by atoms with Gasteiger partial charge in [0.25, 0.3) is 10.1 Å². The molecule has 1 atom stereocenters. The van der Waals surface area contributed by atoms with Crippen LogP contribution in [0.1, 0.15) is 38.8 Å². The summed E-state index contributed by atoms with van der Waals surface area (Å²) in [4.78, 5) is 18.5. The van der Waals surface area contributed by atoms with Gasteiger partial charge in [0.2, 0.25) is 12.0 Å². The molecule has 0 aliphatic carbocycles. The molecule has 0 aliphatic heterocycles. The number of aliphatic imine (C=N–C) groups is 1. The molecule has 0 spiro atoms. The molecular weight excluding hydrogens is 380 g/mol. The predicted octanol–water partition coefficient (Wildman–Crippen LogP) is 2.78. The van der Waals surface area contributed by atoms with Gasteiger partial charge in [-0.3, -0.25) is 4.18 Å². The molecule has 0 amide bonds. The van der Waals surface area contributed by atoms with Gasteiger partial charge in [-0.05, 0) is 39.8 Å². The molecule has 26 heavy (non-hydrogen) atoms. The van der Waals surface area contributed by atoms with E-state index < -0.39 is 21.8 Å². The minimum absolute atomic E-state index is 0.163. The van der Waals surface area contributed by atoms with Crippen LogP contribution in [0.4, 0.5) is 5.69 Å². The fraction of sp³-hybridized carbons (Fsp3) is 0.467. The molecule has 0 radical (unpaired) electrons. The van der Waals surface area contributed by atoms with Gasteiger partial charge in [0.05, 0.1) is 6.26 Å². The van der Waals surface area contributed by atoms with Crippen LogP contribution in [0.5, 0.6) is 5.88 Å². The van der Waals surface area contributed by atoms with Gasteiger partial charge in [-0.15, -0.1) is 10.2 Å². The van der Waals surface area contributed by atoms with E-state index in [0.717, 1.165) is 17.6 Å². The zero-order valence-electron chi connectivity index (χ0n) is 14.9. The molecule has 0 saturated heterocycles. The molecular formula is C15H18N4O5S2. The zero-order chi connectivity index (χ0) is 19.5. The summed E-state index contributed by atoms with van der Waals surface area (Å²) in [5, 5.41) is 8.81. The Morgan fingerprint density at radius 2 is 1.96 bits per heavy atom. The van der Waals surface area contributed by atoms with Crippen molar-refractivity contribution in [3.05, 3.63) is 17.1 Å². The van der Waals surface area contributed by atoms with Crippen molar-refractivity contribution in [2.45, 2.75) is 39.4 Å². The van der Waals surface area contributed by atoms with Gasteiger partial charge in [-0.2, -0.15) is 13.4 Å². The molecule has 0 aliphatic rings. The topological polar surface area (TPSA) is 121 Å². The number of hydrogen-bond donors (Lipinski definition) is 0. The van der Waals surface area contributed by atoms with Crippen molar-refractivity contribution in [3.8, 4) is 16.6 Å². The van der Waals surface area contributed by atoms with Crippen molar-refractivity contribution in [2.24, 2.45) is 4.99 Å². The van der Waals surface area contributed by atoms with Gasteiger partial charge in [0.1, 0.15) is 28.1 Å². The summed E-state index contributed by atoms with van der Waals surface area (Å²) < 4.78 is 33.1. The Labute approximate surface area is 155 Å². The first-order valence-electron chi connectivity index (χ1n) is 7.48. The SMILES string of the molecule is C[C@@H](OS(C)(=O)=O)c1nnc(-c2ccc(N=C=O)c(OC(C)(C)C)n2)s1. The van der Waals surface area contributed by atoms with Crippen molar-refractivity contribution in [2.75, 3.05) is 6.26 Å². The minimum Gasteiger partial charge on any atom is -0.470 e. The van der Waals surface area contributed by atoms with E-state index in [1.807, 2.05) is 20.8 Å². The van der Waals surface area contributed by atoms with Gasteiger partial charge in [-0.25, -0.2) is 9.78 Å². The number of aromatic nitrogens is 3. The molecule has 0 saturated carbocycles. The van der Waals surface area contributed by atoms with Crippen molar-refractivity contribution < 1.29 is 22.1 Å². The van der Waals surface area contributed by atoms with Crippen molar-refractivity contribution in [1.82, 2.24) is 15.2 Å². The van der Waals surface area contributed by atoms with Crippen molar-refractivity contribution in [1.29, 1.82) is 0 Å². The third-order valence-corrected chi connectivity index (χ3v) is 4.48. The van der Waals surface area contributed by atoms with Crippen molar-refractivity contribution >= 4 is 33.2 Å². The fourth-order valence-electron chi connectivity index (χ4n) is 1.86. The zero-order valence-corrected chi connectivity index (χ0v) is 16.5. The lowest BCUT2D eigenvalue weighted by molar-refractivity contribution is 0.125. The molecule has 140 valence electrons. The van der Waals surface area contributed by atoms with Gasteiger partial charge in [0.15, 0.2) is 5.01 Å². The van der Waals surface area contributed by atoms with Gasteiger partial charge >= 0.3 is 0 Å². The summed E-state index contributed by atoms with van der Waals surface area (Å²) >= 11 is 1.14. The minimum atomic E-state index is -3.61. The molecule has 2 aromatic rings. The number of carbonyl (C=O) groups excluding carboxylic acids is 1. The highest BCUT2D eigenvalue weighted by Crippen LogP contribution is 2.33. The predicted molar refractivity (Wildman–Crippen MR) is 95.6 cm³/mol. The van der Waals surface area contributed by atoms with Gasteiger partial charge in [-0.1, -0.05) is 11.3 Å². The van der Waals surface area contributed by atoms with Crippen LogP contribution in [-0.4, -0.2) is 41.5 Å². The summed E-state index contributed by atoms with van der Waals surface area (Å²) in [6, 6.07) is 3.17. The van der Waals surface area contributed by atoms with E-state index in [9.17, 15) is 13.2 Å². The summed E-state index contributed by atoms with van der Waals surface area (Å²) in [5.74, 6) is 0.163. The van der Waals surface area contributed by atoms with E-state index in [4.69, 9.17) is 8.92 Å². The Hall–Kier alpha value is -2.20. The standard InChI is InChI=1S/C15H18N4O5S2/c1-9(24-26(5,21)22)13-18-19-14(25-13)11-7-6-10(16-8-20)12(17-11)23-15(2,3)4/h6-7,9H,1-5H3/t9-/m1/s1. The maximum absolute atomic E-state index is 11.2. The fourth-order valence-corrected chi connectivity index (χ4v) is 3.33. The second-order valence-electron chi connectivity index (χ2n) is 6.33. The lowest BCUT2D eigenvalue weighted by atomic mass is 10.2. The smallest absolute Gasteiger partial charge is 0.265 e. The molecule has 0 aromatic carbocycles. The van der Waals surface area contributed by atoms with E-state index in [1.165, 1.54) is 6.08 Å². The van der Waals surface area contributed by atoms with E-state index in [-0.39, 0.29) is 11.6 Å². The average molecular weight is 398 g/mol. The number of rotatable bonds is 6. The highest BCUT2D eigenvalue weighted by atomic mass is 32.2. The molecule has 0 fully saturated rings. The lowest BCUT2D eigenvalue weighted by Crippen LogP contribution is -2.23. The summed E-state index contributed by atoms with van der Waals surface area (Å²) in [5.41, 5.74) is 0.143. The normalized spacial score (nSPS) is 13.1. The molecule has 9 nitrogen and oxygen atoms in total. The lowest BCUT2D eigenvalue weighted by Gasteiger charge is -2.21. The maximum atomic E-state index is 11.2. The molecule has 2 rings (SSSR count). The van der Waals surface area contributed by atoms with Crippen LogP contribution in [0.25, 0.3) is 10.7 Å². The van der Waals surface area contributed by atoms with Gasteiger partial charge in [0, 0.05) is 0 Å². The van der Waals surface area contributed by atoms with E-state index in [1.54, 1.807) is 19.1 Å². The third-order valence-electron chi connectivity index (χ3n) is 2.74. The molecule has 0 N–H and O–H groups in total. The maximum Gasteiger partial charge on any atom is 0.265 e. The van der Waals surface area contributed by atoms with E-state index >= 15 is 0 Å². The highest BCUT2D eigenvalue weighted by Gasteiger charge is 2.21. The van der Waals surface area contributed by atoms with Crippen LogP contribution in [0.2, 0.25) is 0 Å². The van der Waals surface area contributed by atoms with E-state index in [0.29, 0.717) is 15.7 Å². The summed E-state index contributed by atoms with van der Waals surface area (Å²) in [7, 11) is -3.61. The van der Waals surface area contributed by atoms with Crippen LogP contribution < -0.4 is 4.74 Å². The van der Waals surface area contributed by atoms with Crippen LogP contribution in [0.15, 0.2) is 17.1 Å². The summed E-state index contributed by atoms with van der Waals surface area (Å²) in [6.07, 6.45) is 1.67. The van der Waals surface area contributed by atoms with Gasteiger partial charge < -0.3 is 4.74 Å². The number of nitrogens with zero attached hydrogens (tertiary/aromatic N) is 4. The monoisotopic (exact) mass is 398 g/mol. The highest BCUT2D eigenvalue weighted by molar-refractivity contribution is 7.86. The Kier molecular flexibility index (Phi) is 5.87. The molecule has 0 unspecified atom stereocenters. The first-order valence-corrected chi connectivity index (χ1v) is 10.1. The Morgan fingerprint density at radius 3 is 2.54 bits per heavy atom. The Bertz CT molecular complexity index is 943. The quantitative estimate of drug-likeness (QED) is 0.414. The number of isocyanates is 1. The second kappa shape index (κ2) is 7.58. The van der Waals surface area contributed by atoms with Crippen LogP contribution >= 0.6 is 11.3 Å². The summed E-state index contributed by atoms with van der Waals surface area (Å²) in [6.45, 7) is 7.07. The Balaban J connectivity index is 2.37.